The quantitative estimate of drug-likeness (QED) is 0.777. The zero-order valence-corrected chi connectivity index (χ0v) is 14.5. The molecule has 0 bridgehead atoms. The smallest absolute Gasteiger partial charge is 0.272 e. The molecule has 0 radical (unpaired) electrons. The summed E-state index contributed by atoms with van der Waals surface area (Å²) in [5.74, 6) is -0.0956. The second-order valence-corrected chi connectivity index (χ2v) is 6.97. The first-order valence-corrected chi connectivity index (χ1v) is 9.01. The molecular weight excluding hydrogens is 304 g/mol. The molecule has 0 saturated carbocycles. The van der Waals surface area contributed by atoms with Crippen molar-refractivity contribution in [1.82, 2.24) is 20.0 Å². The second kappa shape index (κ2) is 7.94. The van der Waals surface area contributed by atoms with E-state index in [1.165, 1.54) is 31.3 Å². The number of carbonyl (C=O) groups is 1. The van der Waals surface area contributed by atoms with Crippen LogP contribution in [-0.4, -0.2) is 51.4 Å². The van der Waals surface area contributed by atoms with Crippen molar-refractivity contribution in [3.8, 4) is 0 Å². The number of aliphatic hydroxyl groups excluding tert-OH is 1. The Balaban J connectivity index is 1.55. The van der Waals surface area contributed by atoms with Gasteiger partial charge < -0.3 is 10.4 Å². The van der Waals surface area contributed by atoms with Crippen LogP contribution >= 0.6 is 0 Å². The Kier molecular flexibility index (Phi) is 5.68. The predicted molar refractivity (Wildman–Crippen MR) is 92.6 cm³/mol. The lowest BCUT2D eigenvalue weighted by molar-refractivity contribution is 0.0946. The molecule has 1 unspecified atom stereocenters. The number of aromatic nitrogens is 2. The first-order chi connectivity index (χ1) is 11.6. The van der Waals surface area contributed by atoms with Gasteiger partial charge in [-0.15, -0.1) is 0 Å². The molecule has 0 aromatic carbocycles. The van der Waals surface area contributed by atoms with Crippen molar-refractivity contribution in [2.75, 3.05) is 19.6 Å². The third-order valence-electron chi connectivity index (χ3n) is 4.88. The molecule has 1 aliphatic carbocycles. The Labute approximate surface area is 143 Å². The molecular formula is C18H28N4O2. The fourth-order valence-corrected chi connectivity index (χ4v) is 3.59. The van der Waals surface area contributed by atoms with E-state index < -0.39 is 0 Å². The maximum Gasteiger partial charge on any atom is 0.272 e. The number of likely N-dealkylation sites (tertiary alicyclic amines) is 1. The molecule has 1 amide bonds. The largest absolute Gasteiger partial charge is 0.392 e. The molecule has 2 N–H and O–H groups in total. The summed E-state index contributed by atoms with van der Waals surface area (Å²) >= 11 is 0. The van der Waals surface area contributed by atoms with Gasteiger partial charge in [-0.1, -0.05) is 11.6 Å². The molecule has 6 nitrogen and oxygen atoms in total. The minimum atomic E-state index is -0.247. The highest BCUT2D eigenvalue weighted by Crippen LogP contribution is 2.19. The summed E-state index contributed by atoms with van der Waals surface area (Å²) in [5, 5.41) is 17.0. The van der Waals surface area contributed by atoms with E-state index in [0.717, 1.165) is 24.9 Å². The number of hydrogen-bond acceptors (Lipinski definition) is 4. The van der Waals surface area contributed by atoms with E-state index in [4.69, 9.17) is 0 Å². The van der Waals surface area contributed by atoms with Crippen molar-refractivity contribution < 1.29 is 9.90 Å². The van der Waals surface area contributed by atoms with E-state index in [0.29, 0.717) is 25.3 Å². The molecule has 1 aromatic rings. The van der Waals surface area contributed by atoms with E-state index in [1.54, 1.807) is 4.68 Å². The number of rotatable bonds is 6. The van der Waals surface area contributed by atoms with Gasteiger partial charge in [-0.05, 0) is 38.5 Å². The van der Waals surface area contributed by atoms with Crippen molar-refractivity contribution in [3.05, 3.63) is 29.1 Å². The number of carbonyl (C=O) groups excluding carboxylic acids is 1. The van der Waals surface area contributed by atoms with Gasteiger partial charge in [0.15, 0.2) is 5.69 Å². The lowest BCUT2D eigenvalue weighted by Crippen LogP contribution is -2.28. The van der Waals surface area contributed by atoms with E-state index in [1.807, 2.05) is 13.2 Å². The first-order valence-electron chi connectivity index (χ1n) is 9.01. The van der Waals surface area contributed by atoms with Crippen molar-refractivity contribution in [2.24, 2.45) is 7.05 Å². The van der Waals surface area contributed by atoms with Gasteiger partial charge in [0, 0.05) is 45.0 Å². The van der Waals surface area contributed by atoms with Gasteiger partial charge in [-0.25, -0.2) is 0 Å². The topological polar surface area (TPSA) is 70.4 Å². The Morgan fingerprint density at radius 1 is 1.46 bits per heavy atom. The van der Waals surface area contributed by atoms with Crippen LogP contribution in [0.15, 0.2) is 17.8 Å². The molecule has 1 fully saturated rings. The van der Waals surface area contributed by atoms with E-state index in [2.05, 4.69) is 21.4 Å². The van der Waals surface area contributed by atoms with Gasteiger partial charge in [0.05, 0.1) is 6.10 Å². The Bertz CT molecular complexity index is 608. The number of hydrogen-bond donors (Lipinski definition) is 2. The average Bonchev–Trinajstić information content (AvgIpc) is 3.14. The minimum absolute atomic E-state index is 0.0956. The molecule has 1 saturated heterocycles. The fraction of sp³-hybridized carbons (Fsp3) is 0.667. The molecule has 24 heavy (non-hydrogen) atoms. The zero-order chi connectivity index (χ0) is 16.9. The van der Waals surface area contributed by atoms with Crippen LogP contribution in [0.5, 0.6) is 0 Å². The van der Waals surface area contributed by atoms with Crippen molar-refractivity contribution in [3.63, 3.8) is 0 Å². The van der Waals surface area contributed by atoms with Crippen LogP contribution < -0.4 is 5.32 Å². The Morgan fingerprint density at radius 2 is 2.33 bits per heavy atom. The lowest BCUT2D eigenvalue weighted by atomic mass is 9.97. The summed E-state index contributed by atoms with van der Waals surface area (Å²) in [5.41, 5.74) is 2.91. The number of β-amino-alcohol motifs (C(OH)–C–C–N with tert-alkyl or cyclic N) is 1. The van der Waals surface area contributed by atoms with Crippen LogP contribution in [0.4, 0.5) is 0 Å². The highest BCUT2D eigenvalue weighted by atomic mass is 16.3. The number of nitrogens with zero attached hydrogens (tertiary/aromatic N) is 3. The maximum atomic E-state index is 12.5. The van der Waals surface area contributed by atoms with E-state index >= 15 is 0 Å². The number of amides is 1. The molecule has 132 valence electrons. The minimum Gasteiger partial charge on any atom is -0.392 e. The Hall–Kier alpha value is -1.66. The normalized spacial score (nSPS) is 21.8. The second-order valence-electron chi connectivity index (χ2n) is 6.97. The van der Waals surface area contributed by atoms with Crippen LogP contribution in [0.3, 0.4) is 0 Å². The molecule has 1 aliphatic heterocycles. The standard InChI is InChI=1S/C18H28N4O2/c1-21-11-15(12-22-10-8-16(23)13-22)17(20-21)18(24)19-9-7-14-5-3-2-4-6-14/h5,11,16,23H,2-4,6-10,12-13H2,1H3,(H,19,24). The monoisotopic (exact) mass is 332 g/mol. The zero-order valence-electron chi connectivity index (χ0n) is 14.5. The van der Waals surface area contributed by atoms with Gasteiger partial charge in [0.25, 0.3) is 5.91 Å². The van der Waals surface area contributed by atoms with Crippen molar-refractivity contribution in [2.45, 2.75) is 51.2 Å². The summed E-state index contributed by atoms with van der Waals surface area (Å²) < 4.78 is 1.69. The number of allylic oxidation sites excluding steroid dienone is 1. The third kappa shape index (κ3) is 4.45. The molecule has 1 atom stereocenters. The number of aryl methyl sites for hydroxylation is 1. The van der Waals surface area contributed by atoms with Crippen LogP contribution in [-0.2, 0) is 13.6 Å². The van der Waals surface area contributed by atoms with E-state index in [9.17, 15) is 9.90 Å². The molecule has 0 spiro atoms. The summed E-state index contributed by atoms with van der Waals surface area (Å²) in [6.07, 6.45) is 10.6. The summed E-state index contributed by atoms with van der Waals surface area (Å²) in [6, 6.07) is 0. The van der Waals surface area contributed by atoms with Gasteiger partial charge >= 0.3 is 0 Å². The number of aliphatic hydroxyl groups is 1. The average molecular weight is 332 g/mol. The Morgan fingerprint density at radius 3 is 3.04 bits per heavy atom. The highest BCUT2D eigenvalue weighted by Gasteiger charge is 2.23. The van der Waals surface area contributed by atoms with Crippen LogP contribution in [0.1, 0.15) is 54.6 Å². The first kappa shape index (κ1) is 17.2. The van der Waals surface area contributed by atoms with Crippen molar-refractivity contribution >= 4 is 5.91 Å². The summed E-state index contributed by atoms with van der Waals surface area (Å²) in [6.45, 7) is 2.87. The highest BCUT2D eigenvalue weighted by molar-refractivity contribution is 5.93. The SMILES string of the molecule is Cn1cc(CN2CCC(O)C2)c(C(=O)NCCC2=CCCCC2)n1. The van der Waals surface area contributed by atoms with Crippen LogP contribution in [0.25, 0.3) is 0 Å². The molecule has 6 heteroatoms. The lowest BCUT2D eigenvalue weighted by Gasteiger charge is -2.15. The van der Waals surface area contributed by atoms with Gasteiger partial charge in [-0.2, -0.15) is 5.10 Å². The van der Waals surface area contributed by atoms with Crippen LogP contribution in [0.2, 0.25) is 0 Å². The van der Waals surface area contributed by atoms with Crippen LogP contribution in [0, 0.1) is 0 Å². The molecule has 2 heterocycles. The molecule has 2 aliphatic rings. The van der Waals surface area contributed by atoms with E-state index in [-0.39, 0.29) is 12.0 Å². The maximum absolute atomic E-state index is 12.5. The predicted octanol–water partition coefficient (Wildman–Crippen LogP) is 1.61. The van der Waals surface area contributed by atoms with Crippen molar-refractivity contribution in [1.29, 1.82) is 0 Å². The van der Waals surface area contributed by atoms with Gasteiger partial charge in [-0.3, -0.25) is 14.4 Å². The summed E-state index contributed by atoms with van der Waals surface area (Å²) in [7, 11) is 1.84. The number of nitrogens with one attached hydrogen (secondary N) is 1. The molecule has 3 rings (SSSR count). The fourth-order valence-electron chi connectivity index (χ4n) is 3.59. The third-order valence-corrected chi connectivity index (χ3v) is 4.88. The summed E-state index contributed by atoms with van der Waals surface area (Å²) in [4.78, 5) is 14.7. The van der Waals surface area contributed by atoms with Gasteiger partial charge in [0.1, 0.15) is 0 Å². The molecule has 1 aromatic heterocycles. The van der Waals surface area contributed by atoms with Gasteiger partial charge in [0.2, 0.25) is 0 Å².